The smallest absolute Gasteiger partial charge is 0.373 e. The number of nitrogens with one attached hydrogen (secondary N) is 1. The Morgan fingerprint density at radius 1 is 1.13 bits per heavy atom. The number of anilines is 1. The molecular formula is C19H20F3N3O4S. The molecular weight excluding hydrogens is 423 g/mol. The van der Waals surface area contributed by atoms with Gasteiger partial charge in [-0.25, -0.2) is 13.4 Å². The van der Waals surface area contributed by atoms with Crippen molar-refractivity contribution >= 4 is 21.7 Å². The zero-order chi connectivity index (χ0) is 22.1. The lowest BCUT2D eigenvalue weighted by molar-refractivity contribution is -0.141. The van der Waals surface area contributed by atoms with E-state index in [1.807, 2.05) is 0 Å². The van der Waals surface area contributed by atoms with Gasteiger partial charge in [-0.15, -0.1) is 0 Å². The van der Waals surface area contributed by atoms with E-state index < -0.39 is 27.8 Å². The predicted molar refractivity (Wildman–Crippen MR) is 102 cm³/mol. The maximum atomic E-state index is 13.0. The van der Waals surface area contributed by atoms with Crippen molar-refractivity contribution in [3.63, 3.8) is 0 Å². The lowest BCUT2D eigenvalue weighted by Gasteiger charge is -2.34. The predicted octanol–water partition coefficient (Wildman–Crippen LogP) is 3.15. The van der Waals surface area contributed by atoms with Crippen LogP contribution in [0.4, 0.5) is 19.0 Å². The zero-order valence-corrected chi connectivity index (χ0v) is 17.0. The molecule has 11 heteroatoms. The second-order valence-corrected chi connectivity index (χ2v) is 8.91. The highest BCUT2D eigenvalue weighted by Crippen LogP contribution is 2.28. The van der Waals surface area contributed by atoms with Crippen molar-refractivity contribution < 1.29 is 31.1 Å². The minimum absolute atomic E-state index is 0.0235. The molecule has 0 radical (unpaired) electrons. The number of carbonyl (C=O) groups is 1. The molecule has 7 nitrogen and oxygen atoms in total. The number of ether oxygens (including phenoxy) is 1. The number of carbonyl (C=O) groups excluding carboxylic acids is 1. The summed E-state index contributed by atoms with van der Waals surface area (Å²) in [6.07, 6.45) is -5.20. The molecule has 2 atom stereocenters. The third-order valence-corrected chi connectivity index (χ3v) is 6.23. The second kappa shape index (κ2) is 8.32. The van der Waals surface area contributed by atoms with Gasteiger partial charge in [0.2, 0.25) is 10.0 Å². The highest BCUT2D eigenvalue weighted by molar-refractivity contribution is 7.89. The minimum atomic E-state index is -4.65. The molecule has 0 saturated carbocycles. The second-order valence-electron chi connectivity index (χ2n) is 6.97. The Morgan fingerprint density at radius 2 is 1.77 bits per heavy atom. The van der Waals surface area contributed by atoms with Crippen molar-refractivity contribution in [2.45, 2.75) is 37.1 Å². The van der Waals surface area contributed by atoms with E-state index in [1.165, 1.54) is 34.6 Å². The fourth-order valence-electron chi connectivity index (χ4n) is 3.12. The Morgan fingerprint density at radius 3 is 2.40 bits per heavy atom. The standard InChI is InChI=1S/C19H20F3N3O4S/c1-12-10-25(11-13(2)29-12)30(27,28)15-6-3-5-14(9-15)18(26)24-17-8-4-7-16(23-17)19(20,21)22/h3-9,12-13H,10-11H2,1-2H3,(H,23,24,26)/t12-,13-/m0/s1. The first-order valence-corrected chi connectivity index (χ1v) is 10.5. The van der Waals surface area contributed by atoms with Crippen molar-refractivity contribution in [3.8, 4) is 0 Å². The molecule has 1 saturated heterocycles. The summed E-state index contributed by atoms with van der Waals surface area (Å²) < 4.78 is 71.1. The lowest BCUT2D eigenvalue weighted by atomic mass is 10.2. The van der Waals surface area contributed by atoms with E-state index in [-0.39, 0.29) is 41.6 Å². The first-order valence-electron chi connectivity index (χ1n) is 9.08. The van der Waals surface area contributed by atoms with Gasteiger partial charge in [0, 0.05) is 18.7 Å². The number of hydrogen-bond donors (Lipinski definition) is 1. The topological polar surface area (TPSA) is 88.6 Å². The van der Waals surface area contributed by atoms with E-state index in [4.69, 9.17) is 4.74 Å². The van der Waals surface area contributed by atoms with E-state index in [0.29, 0.717) is 0 Å². The first-order chi connectivity index (χ1) is 14.0. The van der Waals surface area contributed by atoms with Gasteiger partial charge in [0.05, 0.1) is 17.1 Å². The molecule has 1 aromatic heterocycles. The molecule has 0 unspecified atom stereocenters. The van der Waals surface area contributed by atoms with Crippen molar-refractivity contribution in [1.29, 1.82) is 0 Å². The van der Waals surface area contributed by atoms with Crippen LogP contribution < -0.4 is 5.32 Å². The molecule has 0 aliphatic carbocycles. The van der Waals surface area contributed by atoms with Gasteiger partial charge in [-0.2, -0.15) is 17.5 Å². The Hall–Kier alpha value is -2.50. The van der Waals surface area contributed by atoms with Gasteiger partial charge >= 0.3 is 6.18 Å². The molecule has 1 amide bonds. The van der Waals surface area contributed by atoms with Crippen LogP contribution in [-0.4, -0.2) is 48.9 Å². The number of aromatic nitrogens is 1. The van der Waals surface area contributed by atoms with Crippen LogP contribution in [0.25, 0.3) is 0 Å². The van der Waals surface area contributed by atoms with Gasteiger partial charge in [0.1, 0.15) is 11.5 Å². The number of halogens is 3. The molecule has 2 aromatic rings. The summed E-state index contributed by atoms with van der Waals surface area (Å²) >= 11 is 0. The van der Waals surface area contributed by atoms with E-state index >= 15 is 0 Å². The quantitative estimate of drug-likeness (QED) is 0.784. The molecule has 0 bridgehead atoms. The van der Waals surface area contributed by atoms with Crippen molar-refractivity contribution in [1.82, 2.24) is 9.29 Å². The number of rotatable bonds is 4. The Labute approximate surface area is 171 Å². The Kier molecular flexibility index (Phi) is 6.16. The summed E-state index contributed by atoms with van der Waals surface area (Å²) in [7, 11) is -3.87. The van der Waals surface area contributed by atoms with Gasteiger partial charge in [-0.1, -0.05) is 12.1 Å². The molecule has 1 aromatic carbocycles. The largest absolute Gasteiger partial charge is 0.433 e. The molecule has 3 rings (SSSR count). The van der Waals surface area contributed by atoms with Crippen molar-refractivity contribution in [3.05, 3.63) is 53.7 Å². The number of pyridine rings is 1. The van der Waals surface area contributed by atoms with Crippen LogP contribution in [0.5, 0.6) is 0 Å². The van der Waals surface area contributed by atoms with Crippen LogP contribution in [0.3, 0.4) is 0 Å². The molecule has 0 spiro atoms. The fourth-order valence-corrected chi connectivity index (χ4v) is 4.76. The molecule has 1 aliphatic heterocycles. The number of morpholine rings is 1. The van der Waals surface area contributed by atoms with E-state index in [9.17, 15) is 26.4 Å². The monoisotopic (exact) mass is 443 g/mol. The van der Waals surface area contributed by atoms with Crippen LogP contribution in [0.2, 0.25) is 0 Å². The van der Waals surface area contributed by atoms with Crippen LogP contribution in [0.1, 0.15) is 29.9 Å². The number of alkyl halides is 3. The summed E-state index contributed by atoms with van der Waals surface area (Å²) in [5.74, 6) is -1.07. The van der Waals surface area contributed by atoms with Crippen LogP contribution >= 0.6 is 0 Å². The van der Waals surface area contributed by atoms with Gasteiger partial charge in [-0.05, 0) is 44.2 Å². The molecule has 162 valence electrons. The van der Waals surface area contributed by atoms with Gasteiger partial charge in [0.15, 0.2) is 0 Å². The maximum Gasteiger partial charge on any atom is 0.433 e. The van der Waals surface area contributed by atoms with Crippen LogP contribution in [0, 0.1) is 0 Å². The minimum Gasteiger partial charge on any atom is -0.373 e. The van der Waals surface area contributed by atoms with Crippen LogP contribution in [0.15, 0.2) is 47.4 Å². The molecule has 1 fully saturated rings. The summed E-state index contributed by atoms with van der Waals surface area (Å²) in [5, 5.41) is 2.26. The van der Waals surface area contributed by atoms with Gasteiger partial charge in [-0.3, -0.25) is 4.79 Å². The first kappa shape index (κ1) is 22.2. The third kappa shape index (κ3) is 4.97. The van der Waals surface area contributed by atoms with Crippen molar-refractivity contribution in [2.24, 2.45) is 0 Å². The Bertz CT molecular complexity index is 1030. The highest BCUT2D eigenvalue weighted by Gasteiger charge is 2.33. The molecule has 1 aliphatic rings. The number of sulfonamides is 1. The highest BCUT2D eigenvalue weighted by atomic mass is 32.2. The average Bonchev–Trinajstić information content (AvgIpc) is 2.67. The summed E-state index contributed by atoms with van der Waals surface area (Å²) in [6, 6.07) is 8.42. The zero-order valence-electron chi connectivity index (χ0n) is 16.2. The van der Waals surface area contributed by atoms with Crippen LogP contribution in [-0.2, 0) is 20.9 Å². The third-order valence-electron chi connectivity index (χ3n) is 4.40. The van der Waals surface area contributed by atoms with E-state index in [0.717, 1.165) is 12.1 Å². The summed E-state index contributed by atoms with van der Waals surface area (Å²) in [4.78, 5) is 15.8. The number of hydrogen-bond acceptors (Lipinski definition) is 5. The summed E-state index contributed by atoms with van der Waals surface area (Å²) in [5.41, 5.74) is -1.17. The fraction of sp³-hybridized carbons (Fsp3) is 0.368. The maximum absolute atomic E-state index is 13.0. The number of benzene rings is 1. The normalized spacial score (nSPS) is 20.7. The van der Waals surface area contributed by atoms with Gasteiger partial charge < -0.3 is 10.1 Å². The van der Waals surface area contributed by atoms with E-state index in [2.05, 4.69) is 10.3 Å². The van der Waals surface area contributed by atoms with E-state index in [1.54, 1.807) is 13.8 Å². The Balaban J connectivity index is 1.82. The summed E-state index contributed by atoms with van der Waals surface area (Å²) in [6.45, 7) is 3.89. The SMILES string of the molecule is C[C@H]1CN(S(=O)(=O)c2cccc(C(=O)Nc3cccc(C(F)(F)F)n3)c2)C[C@H](C)O1. The van der Waals surface area contributed by atoms with Gasteiger partial charge in [0.25, 0.3) is 5.91 Å². The lowest BCUT2D eigenvalue weighted by Crippen LogP contribution is -2.48. The van der Waals surface area contributed by atoms with Crippen molar-refractivity contribution in [2.75, 3.05) is 18.4 Å². The number of nitrogens with zero attached hydrogens (tertiary/aromatic N) is 2. The molecule has 2 heterocycles. The number of amides is 1. The molecule has 30 heavy (non-hydrogen) atoms. The molecule has 1 N–H and O–H groups in total. The average molecular weight is 443 g/mol.